The van der Waals surface area contributed by atoms with E-state index in [0.29, 0.717) is 23.1 Å². The molecule has 0 saturated heterocycles. The Hall–Kier alpha value is -4.35. The van der Waals surface area contributed by atoms with Crippen LogP contribution in [-0.2, 0) is 11.2 Å². The van der Waals surface area contributed by atoms with Crippen molar-refractivity contribution in [1.82, 2.24) is 19.7 Å². The number of thioether (sulfide) groups is 1. The number of fused-ring (bicyclic) bond motifs is 1. The lowest BCUT2D eigenvalue weighted by atomic mass is 10.1. The molecule has 0 atom stereocenters. The lowest BCUT2D eigenvalue weighted by Gasteiger charge is -2.11. The summed E-state index contributed by atoms with van der Waals surface area (Å²) in [5.74, 6) is 0.747. The quantitative estimate of drug-likeness (QED) is 0.300. The zero-order chi connectivity index (χ0) is 24.2. The maximum absolute atomic E-state index is 12.7. The number of hydrogen-bond donors (Lipinski definition) is 2. The van der Waals surface area contributed by atoms with Crippen LogP contribution in [0.3, 0.4) is 0 Å². The number of anilines is 1. The molecule has 8 heteroatoms. The minimum atomic E-state index is -0.143. The molecule has 0 aliphatic heterocycles. The fourth-order valence-corrected chi connectivity index (χ4v) is 4.67. The molecule has 35 heavy (non-hydrogen) atoms. The first-order chi connectivity index (χ1) is 17.1. The normalized spacial score (nSPS) is 10.9. The number of carbonyl (C=O) groups excluding carboxylic acids is 1. The lowest BCUT2D eigenvalue weighted by Crippen LogP contribution is -2.14. The van der Waals surface area contributed by atoms with Gasteiger partial charge in [0.05, 0.1) is 18.2 Å². The second-order valence-corrected chi connectivity index (χ2v) is 9.04. The first-order valence-electron chi connectivity index (χ1n) is 11.1. The van der Waals surface area contributed by atoms with Gasteiger partial charge in [-0.2, -0.15) is 5.26 Å². The van der Waals surface area contributed by atoms with Gasteiger partial charge in [-0.3, -0.25) is 9.36 Å². The van der Waals surface area contributed by atoms with E-state index in [2.05, 4.69) is 38.7 Å². The third kappa shape index (κ3) is 4.81. The van der Waals surface area contributed by atoms with E-state index >= 15 is 0 Å². The van der Waals surface area contributed by atoms with E-state index in [-0.39, 0.29) is 11.7 Å². The maximum atomic E-state index is 12.7. The molecule has 3 aromatic carbocycles. The van der Waals surface area contributed by atoms with Crippen molar-refractivity contribution in [2.45, 2.75) is 18.5 Å². The van der Waals surface area contributed by atoms with E-state index in [9.17, 15) is 4.79 Å². The fourth-order valence-electron chi connectivity index (χ4n) is 3.92. The summed E-state index contributed by atoms with van der Waals surface area (Å²) in [6.07, 6.45) is 2.29. The molecule has 0 bridgehead atoms. The van der Waals surface area contributed by atoms with Gasteiger partial charge in [-0.1, -0.05) is 54.2 Å². The SMILES string of the molecule is Cc1cccc(-n2c(SCC(=O)Nc3ccc(CC#N)cc3)nnc2-c2c[nH]c3ccccc23)c1. The molecule has 2 aromatic heterocycles. The summed E-state index contributed by atoms with van der Waals surface area (Å²) in [6.45, 7) is 2.04. The number of carbonyl (C=O) groups is 1. The van der Waals surface area contributed by atoms with Gasteiger partial charge in [-0.25, -0.2) is 0 Å². The van der Waals surface area contributed by atoms with Crippen LogP contribution in [0.5, 0.6) is 0 Å². The predicted molar refractivity (Wildman–Crippen MR) is 139 cm³/mol. The summed E-state index contributed by atoms with van der Waals surface area (Å²) < 4.78 is 2.00. The van der Waals surface area contributed by atoms with Crippen LogP contribution in [-0.4, -0.2) is 31.4 Å². The molecule has 2 N–H and O–H groups in total. The van der Waals surface area contributed by atoms with E-state index < -0.39 is 0 Å². The molecule has 172 valence electrons. The monoisotopic (exact) mass is 478 g/mol. The summed E-state index contributed by atoms with van der Waals surface area (Å²) in [4.78, 5) is 16.0. The standard InChI is InChI=1S/C27H22N6OS/c1-18-5-4-6-21(15-18)33-26(23-16-29-24-8-3-2-7-22(23)24)31-32-27(33)35-17-25(34)30-20-11-9-19(10-12-20)13-14-28/h2-12,15-16,29H,13,17H2,1H3,(H,30,34). The number of aromatic amines is 1. The van der Waals surface area contributed by atoms with Crippen LogP contribution < -0.4 is 5.32 Å². The van der Waals surface area contributed by atoms with Crippen LogP contribution in [0, 0.1) is 18.3 Å². The molecule has 5 rings (SSSR count). The first kappa shape index (κ1) is 22.4. The van der Waals surface area contributed by atoms with Gasteiger partial charge in [-0.05, 0) is 48.4 Å². The molecular weight excluding hydrogens is 456 g/mol. The number of para-hydroxylation sites is 1. The highest BCUT2D eigenvalue weighted by Crippen LogP contribution is 2.32. The Morgan fingerprint density at radius 1 is 1.09 bits per heavy atom. The van der Waals surface area contributed by atoms with E-state index in [4.69, 9.17) is 5.26 Å². The first-order valence-corrected chi connectivity index (χ1v) is 12.1. The summed E-state index contributed by atoms with van der Waals surface area (Å²) in [5.41, 5.74) is 5.63. The Kier molecular flexibility index (Phi) is 6.33. The molecule has 0 saturated carbocycles. The Morgan fingerprint density at radius 3 is 2.71 bits per heavy atom. The topological polar surface area (TPSA) is 99.4 Å². The second kappa shape index (κ2) is 9.87. The van der Waals surface area contributed by atoms with Crippen molar-refractivity contribution < 1.29 is 4.79 Å². The molecule has 1 amide bonds. The van der Waals surface area contributed by atoms with Crippen LogP contribution in [0.1, 0.15) is 11.1 Å². The number of amides is 1. The van der Waals surface area contributed by atoms with Crippen LogP contribution >= 0.6 is 11.8 Å². The summed E-state index contributed by atoms with van der Waals surface area (Å²) in [7, 11) is 0. The molecule has 7 nitrogen and oxygen atoms in total. The van der Waals surface area contributed by atoms with Gasteiger partial charge in [0, 0.05) is 34.0 Å². The van der Waals surface area contributed by atoms with Crippen LogP contribution in [0.4, 0.5) is 5.69 Å². The van der Waals surface area contributed by atoms with Crippen LogP contribution in [0.15, 0.2) is 84.1 Å². The largest absolute Gasteiger partial charge is 0.360 e. The second-order valence-electron chi connectivity index (χ2n) is 8.10. The number of nitrogens with zero attached hydrogens (tertiary/aromatic N) is 4. The van der Waals surface area contributed by atoms with Gasteiger partial charge in [0.15, 0.2) is 11.0 Å². The molecule has 2 heterocycles. The average molecular weight is 479 g/mol. The minimum absolute atomic E-state index is 0.143. The molecular formula is C27H22N6OS. The van der Waals surface area contributed by atoms with E-state index in [1.54, 1.807) is 12.1 Å². The summed E-state index contributed by atoms with van der Waals surface area (Å²) in [6, 6.07) is 25.6. The van der Waals surface area contributed by atoms with E-state index in [1.165, 1.54) is 11.8 Å². The molecule has 0 fully saturated rings. The van der Waals surface area contributed by atoms with Crippen molar-refractivity contribution in [3.63, 3.8) is 0 Å². The van der Waals surface area contributed by atoms with Gasteiger partial charge in [0.25, 0.3) is 0 Å². The van der Waals surface area contributed by atoms with E-state index in [0.717, 1.165) is 33.3 Å². The van der Waals surface area contributed by atoms with Crippen molar-refractivity contribution in [3.05, 3.63) is 90.1 Å². The average Bonchev–Trinajstić information content (AvgIpc) is 3.48. The van der Waals surface area contributed by atoms with Gasteiger partial charge in [0.1, 0.15) is 0 Å². The van der Waals surface area contributed by atoms with Gasteiger partial charge in [-0.15, -0.1) is 10.2 Å². The number of aromatic nitrogens is 4. The predicted octanol–water partition coefficient (Wildman–Crippen LogP) is 5.52. The van der Waals surface area contributed by atoms with Crippen molar-refractivity contribution in [1.29, 1.82) is 5.26 Å². The Bertz CT molecular complexity index is 1540. The number of benzene rings is 3. The number of rotatable bonds is 7. The van der Waals surface area contributed by atoms with Crippen molar-refractivity contribution in [2.75, 3.05) is 11.1 Å². The maximum Gasteiger partial charge on any atom is 0.234 e. The molecule has 0 radical (unpaired) electrons. The number of nitrogens with one attached hydrogen (secondary N) is 2. The summed E-state index contributed by atoms with van der Waals surface area (Å²) in [5, 5.41) is 22.4. The molecule has 0 aliphatic carbocycles. The highest BCUT2D eigenvalue weighted by Gasteiger charge is 2.20. The van der Waals surface area contributed by atoms with Crippen LogP contribution in [0.25, 0.3) is 28.0 Å². The fraction of sp³-hybridized carbons (Fsp3) is 0.111. The Morgan fingerprint density at radius 2 is 1.91 bits per heavy atom. The molecule has 0 aliphatic rings. The van der Waals surface area contributed by atoms with Gasteiger partial charge < -0.3 is 10.3 Å². The Labute approximate surface area is 206 Å². The zero-order valence-corrected chi connectivity index (χ0v) is 19.8. The highest BCUT2D eigenvalue weighted by atomic mass is 32.2. The third-order valence-corrected chi connectivity index (χ3v) is 6.51. The molecule has 0 spiro atoms. The van der Waals surface area contributed by atoms with Crippen molar-refractivity contribution >= 4 is 34.3 Å². The summed E-state index contributed by atoms with van der Waals surface area (Å²) >= 11 is 1.33. The minimum Gasteiger partial charge on any atom is -0.360 e. The van der Waals surface area contributed by atoms with E-state index in [1.807, 2.05) is 66.2 Å². The van der Waals surface area contributed by atoms with Crippen molar-refractivity contribution in [3.8, 4) is 23.1 Å². The number of hydrogen-bond acceptors (Lipinski definition) is 5. The van der Waals surface area contributed by atoms with Crippen molar-refractivity contribution in [2.24, 2.45) is 0 Å². The number of aryl methyl sites for hydroxylation is 1. The smallest absolute Gasteiger partial charge is 0.234 e. The lowest BCUT2D eigenvalue weighted by molar-refractivity contribution is -0.113. The molecule has 5 aromatic rings. The van der Waals surface area contributed by atoms with Gasteiger partial charge >= 0.3 is 0 Å². The number of H-pyrrole nitrogens is 1. The van der Waals surface area contributed by atoms with Gasteiger partial charge in [0.2, 0.25) is 5.91 Å². The number of nitriles is 1. The Balaban J connectivity index is 1.42. The highest BCUT2D eigenvalue weighted by molar-refractivity contribution is 7.99. The third-order valence-electron chi connectivity index (χ3n) is 5.58. The van der Waals surface area contributed by atoms with Crippen LogP contribution in [0.2, 0.25) is 0 Å². The zero-order valence-electron chi connectivity index (χ0n) is 19.0. The molecule has 0 unspecified atom stereocenters.